The van der Waals surface area contributed by atoms with Crippen molar-refractivity contribution in [3.63, 3.8) is 0 Å². The fraction of sp³-hybridized carbons (Fsp3) is 0.379. The van der Waals surface area contributed by atoms with Gasteiger partial charge < -0.3 is 19.2 Å². The lowest BCUT2D eigenvalue weighted by Gasteiger charge is -2.32. The summed E-state index contributed by atoms with van der Waals surface area (Å²) < 4.78 is 7.95. The van der Waals surface area contributed by atoms with Crippen molar-refractivity contribution >= 4 is 16.9 Å². The van der Waals surface area contributed by atoms with Gasteiger partial charge in [0.15, 0.2) is 0 Å². The zero-order valence-corrected chi connectivity index (χ0v) is 20.2. The minimum absolute atomic E-state index is 0.0180. The number of unbranched alkanes of at least 4 members (excludes halogenated alkanes) is 1. The van der Waals surface area contributed by atoms with Crippen LogP contribution in [0.5, 0.6) is 0 Å². The molecule has 0 unspecified atom stereocenters. The van der Waals surface area contributed by atoms with Crippen molar-refractivity contribution in [3.05, 3.63) is 90.1 Å². The molecule has 2 aromatic carbocycles. The second-order valence-electron chi connectivity index (χ2n) is 9.50. The Kier molecular flexibility index (Phi) is 7.59. The number of benzene rings is 2. The van der Waals surface area contributed by atoms with Crippen LogP contribution in [0.2, 0.25) is 0 Å². The SMILES string of the molecule is O=C(NCCCCN1CCC(Cc2nc3ccccc3n2Cc2ccco2)CC1)c1ccccc1. The van der Waals surface area contributed by atoms with Gasteiger partial charge in [-0.05, 0) is 87.6 Å². The van der Waals surface area contributed by atoms with Gasteiger partial charge in [-0.3, -0.25) is 4.79 Å². The molecule has 0 atom stereocenters. The summed E-state index contributed by atoms with van der Waals surface area (Å²) in [5, 5.41) is 3.03. The zero-order valence-electron chi connectivity index (χ0n) is 20.2. The molecule has 0 saturated carbocycles. The number of carbonyl (C=O) groups is 1. The molecule has 2 aromatic heterocycles. The largest absolute Gasteiger partial charge is 0.467 e. The summed E-state index contributed by atoms with van der Waals surface area (Å²) in [7, 11) is 0. The summed E-state index contributed by atoms with van der Waals surface area (Å²) >= 11 is 0. The minimum Gasteiger partial charge on any atom is -0.467 e. The molecule has 1 N–H and O–H groups in total. The summed E-state index contributed by atoms with van der Waals surface area (Å²) in [6, 6.07) is 21.8. The van der Waals surface area contributed by atoms with E-state index in [-0.39, 0.29) is 5.91 Å². The zero-order chi connectivity index (χ0) is 23.9. The highest BCUT2D eigenvalue weighted by Crippen LogP contribution is 2.25. The van der Waals surface area contributed by atoms with E-state index in [1.807, 2.05) is 42.5 Å². The summed E-state index contributed by atoms with van der Waals surface area (Å²) in [5.41, 5.74) is 2.97. The van der Waals surface area contributed by atoms with Gasteiger partial charge in [0.1, 0.15) is 11.6 Å². The predicted molar refractivity (Wildman–Crippen MR) is 138 cm³/mol. The molecule has 3 heterocycles. The Labute approximate surface area is 207 Å². The van der Waals surface area contributed by atoms with Crippen LogP contribution in [-0.2, 0) is 13.0 Å². The van der Waals surface area contributed by atoms with Crippen molar-refractivity contribution in [2.24, 2.45) is 5.92 Å². The van der Waals surface area contributed by atoms with Crippen LogP contribution in [0.15, 0.2) is 77.4 Å². The predicted octanol–water partition coefficient (Wildman–Crippen LogP) is 5.14. The molecular weight excluding hydrogens is 436 g/mol. The highest BCUT2D eigenvalue weighted by Gasteiger charge is 2.22. The molecule has 35 heavy (non-hydrogen) atoms. The first-order valence-corrected chi connectivity index (χ1v) is 12.8. The van der Waals surface area contributed by atoms with Crippen molar-refractivity contribution in [2.45, 2.75) is 38.6 Å². The number of piperidine rings is 1. The Morgan fingerprint density at radius 2 is 1.77 bits per heavy atom. The number of para-hydroxylation sites is 2. The van der Waals surface area contributed by atoms with E-state index in [0.717, 1.165) is 74.7 Å². The number of likely N-dealkylation sites (tertiary alicyclic amines) is 1. The second kappa shape index (κ2) is 11.4. The standard InChI is InChI=1S/C29H34N4O2/c34-29(24-9-2-1-3-10-24)30-16-6-7-17-32-18-14-23(15-19-32)21-28-31-26-12-4-5-13-27(26)33(28)22-25-11-8-20-35-25/h1-5,8-13,20,23H,6-7,14-19,21-22H2,(H,30,34). The maximum absolute atomic E-state index is 12.1. The van der Waals surface area contributed by atoms with Crippen LogP contribution in [0.25, 0.3) is 11.0 Å². The van der Waals surface area contributed by atoms with E-state index in [2.05, 4.69) is 39.0 Å². The van der Waals surface area contributed by atoms with E-state index < -0.39 is 0 Å². The number of furan rings is 1. The molecule has 0 radical (unpaired) electrons. The molecule has 182 valence electrons. The average molecular weight is 471 g/mol. The van der Waals surface area contributed by atoms with Gasteiger partial charge in [-0.1, -0.05) is 30.3 Å². The normalized spacial score (nSPS) is 15.0. The van der Waals surface area contributed by atoms with Crippen LogP contribution >= 0.6 is 0 Å². The number of carbonyl (C=O) groups excluding carboxylic acids is 1. The highest BCUT2D eigenvalue weighted by atomic mass is 16.3. The lowest BCUT2D eigenvalue weighted by Crippen LogP contribution is -2.35. The number of fused-ring (bicyclic) bond motifs is 1. The smallest absolute Gasteiger partial charge is 0.251 e. The molecule has 1 fully saturated rings. The Bertz CT molecular complexity index is 1210. The number of hydrogen-bond acceptors (Lipinski definition) is 4. The Morgan fingerprint density at radius 1 is 0.971 bits per heavy atom. The molecule has 4 aromatic rings. The number of nitrogens with one attached hydrogen (secondary N) is 1. The Balaban J connectivity index is 1.07. The minimum atomic E-state index is 0.0180. The molecule has 1 aliphatic heterocycles. The van der Waals surface area contributed by atoms with Gasteiger partial charge in [0.05, 0.1) is 23.8 Å². The fourth-order valence-corrected chi connectivity index (χ4v) is 5.04. The van der Waals surface area contributed by atoms with Crippen molar-refractivity contribution in [3.8, 4) is 0 Å². The van der Waals surface area contributed by atoms with E-state index in [1.54, 1.807) is 6.26 Å². The van der Waals surface area contributed by atoms with Gasteiger partial charge in [0.25, 0.3) is 5.91 Å². The first-order chi connectivity index (χ1) is 17.3. The molecule has 5 rings (SSSR count). The first kappa shape index (κ1) is 23.4. The summed E-state index contributed by atoms with van der Waals surface area (Å²) in [6.07, 6.45) is 7.27. The first-order valence-electron chi connectivity index (χ1n) is 12.8. The van der Waals surface area contributed by atoms with E-state index in [0.29, 0.717) is 5.92 Å². The second-order valence-corrected chi connectivity index (χ2v) is 9.50. The third kappa shape index (κ3) is 6.01. The van der Waals surface area contributed by atoms with Crippen molar-refractivity contribution < 1.29 is 9.21 Å². The Morgan fingerprint density at radius 3 is 2.57 bits per heavy atom. The maximum Gasteiger partial charge on any atom is 0.251 e. The maximum atomic E-state index is 12.1. The third-order valence-corrected chi connectivity index (χ3v) is 7.03. The molecular formula is C29H34N4O2. The van der Waals surface area contributed by atoms with Gasteiger partial charge in [-0.15, -0.1) is 0 Å². The monoisotopic (exact) mass is 470 g/mol. The quantitative estimate of drug-likeness (QED) is 0.326. The molecule has 0 aliphatic carbocycles. The van der Waals surface area contributed by atoms with Crippen LogP contribution in [0, 0.1) is 5.92 Å². The van der Waals surface area contributed by atoms with E-state index in [9.17, 15) is 4.79 Å². The molecule has 6 heteroatoms. The van der Waals surface area contributed by atoms with E-state index in [4.69, 9.17) is 9.40 Å². The van der Waals surface area contributed by atoms with Crippen LogP contribution < -0.4 is 5.32 Å². The van der Waals surface area contributed by atoms with Crippen molar-refractivity contribution in [2.75, 3.05) is 26.2 Å². The van der Waals surface area contributed by atoms with Crippen LogP contribution in [-0.4, -0.2) is 46.5 Å². The number of imidazole rings is 1. The molecule has 1 saturated heterocycles. The summed E-state index contributed by atoms with van der Waals surface area (Å²) in [6.45, 7) is 4.84. The molecule has 0 bridgehead atoms. The average Bonchev–Trinajstić information content (AvgIpc) is 3.54. The van der Waals surface area contributed by atoms with Gasteiger partial charge in [-0.25, -0.2) is 4.98 Å². The van der Waals surface area contributed by atoms with Gasteiger partial charge >= 0.3 is 0 Å². The van der Waals surface area contributed by atoms with Crippen molar-refractivity contribution in [1.29, 1.82) is 0 Å². The van der Waals surface area contributed by atoms with Gasteiger partial charge in [0.2, 0.25) is 0 Å². The van der Waals surface area contributed by atoms with E-state index in [1.165, 1.54) is 18.4 Å². The van der Waals surface area contributed by atoms with Crippen LogP contribution in [0.4, 0.5) is 0 Å². The number of aromatic nitrogens is 2. The van der Waals surface area contributed by atoms with Gasteiger partial charge in [0, 0.05) is 18.5 Å². The number of rotatable bonds is 10. The number of amides is 1. The van der Waals surface area contributed by atoms with Gasteiger partial charge in [-0.2, -0.15) is 0 Å². The van der Waals surface area contributed by atoms with E-state index >= 15 is 0 Å². The molecule has 0 spiro atoms. The number of hydrogen-bond donors (Lipinski definition) is 1. The molecule has 1 aliphatic rings. The fourth-order valence-electron chi connectivity index (χ4n) is 5.04. The highest BCUT2D eigenvalue weighted by molar-refractivity contribution is 5.94. The lowest BCUT2D eigenvalue weighted by atomic mass is 9.93. The Hall–Kier alpha value is -3.38. The van der Waals surface area contributed by atoms with Crippen LogP contribution in [0.1, 0.15) is 47.6 Å². The summed E-state index contributed by atoms with van der Waals surface area (Å²) in [4.78, 5) is 19.7. The van der Waals surface area contributed by atoms with Crippen LogP contribution in [0.3, 0.4) is 0 Å². The topological polar surface area (TPSA) is 63.3 Å². The molecule has 1 amide bonds. The summed E-state index contributed by atoms with van der Waals surface area (Å²) in [5.74, 6) is 2.80. The van der Waals surface area contributed by atoms with Crippen molar-refractivity contribution in [1.82, 2.24) is 19.8 Å². The molecule has 6 nitrogen and oxygen atoms in total. The number of nitrogens with zero attached hydrogens (tertiary/aromatic N) is 3. The third-order valence-electron chi connectivity index (χ3n) is 7.03. The lowest BCUT2D eigenvalue weighted by molar-refractivity contribution is 0.0952.